The van der Waals surface area contributed by atoms with Gasteiger partial charge in [-0.05, 0) is 25.7 Å². The monoisotopic (exact) mass is 444 g/mol. The Labute approximate surface area is 218 Å². The number of hydrogen-bond donors (Lipinski definition) is 1. The fourth-order valence-electron chi connectivity index (χ4n) is 3.64. The molecule has 0 aliphatic rings. The SMILES string of the molecule is CCCCCCCCC(O)CCCCC(CCCCCCCC)S(=O)(=O)[O-].[K+]. The fourth-order valence-corrected chi connectivity index (χ4v) is 4.55. The van der Waals surface area contributed by atoms with Crippen molar-refractivity contribution in [3.8, 4) is 0 Å². The second-order valence-electron chi connectivity index (χ2n) is 8.17. The zero-order valence-electron chi connectivity index (χ0n) is 19.0. The molecule has 0 amide bonds. The van der Waals surface area contributed by atoms with Gasteiger partial charge in [0.1, 0.15) is 0 Å². The van der Waals surface area contributed by atoms with E-state index in [4.69, 9.17) is 0 Å². The quantitative estimate of drug-likeness (QED) is 0.177. The van der Waals surface area contributed by atoms with Gasteiger partial charge in [-0.3, -0.25) is 0 Å². The summed E-state index contributed by atoms with van der Waals surface area (Å²) in [5.74, 6) is 0. The third kappa shape index (κ3) is 20.8. The summed E-state index contributed by atoms with van der Waals surface area (Å²) in [7, 11) is -4.20. The second-order valence-corrected chi connectivity index (χ2v) is 9.82. The Hall–Kier alpha value is 1.51. The Balaban J connectivity index is 0. The van der Waals surface area contributed by atoms with Crippen molar-refractivity contribution in [2.24, 2.45) is 0 Å². The molecule has 0 saturated carbocycles. The summed E-state index contributed by atoms with van der Waals surface area (Å²) in [5, 5.41) is 9.30. The molecular weight excluding hydrogens is 399 g/mol. The zero-order chi connectivity index (χ0) is 20.4. The van der Waals surface area contributed by atoms with Crippen LogP contribution in [0, 0.1) is 0 Å². The van der Waals surface area contributed by atoms with Crippen molar-refractivity contribution in [3.63, 3.8) is 0 Å². The van der Waals surface area contributed by atoms with Gasteiger partial charge in [0.2, 0.25) is 0 Å². The summed E-state index contributed by atoms with van der Waals surface area (Å²) in [4.78, 5) is 0. The van der Waals surface area contributed by atoms with Crippen molar-refractivity contribution < 1.29 is 69.5 Å². The molecule has 2 atom stereocenters. The summed E-state index contributed by atoms with van der Waals surface area (Å²) in [5.41, 5.74) is 0. The van der Waals surface area contributed by atoms with Crippen LogP contribution in [0.1, 0.15) is 129 Å². The van der Waals surface area contributed by atoms with E-state index < -0.39 is 15.4 Å². The molecule has 0 aromatic rings. The van der Waals surface area contributed by atoms with Gasteiger partial charge >= 0.3 is 51.4 Å². The number of aliphatic hydroxyl groups is 1. The largest absolute Gasteiger partial charge is 1.00 e. The topological polar surface area (TPSA) is 77.4 Å². The molecule has 0 bridgehead atoms. The molecule has 164 valence electrons. The van der Waals surface area contributed by atoms with Gasteiger partial charge in [-0.2, -0.15) is 0 Å². The summed E-state index contributed by atoms with van der Waals surface area (Å²) in [6.45, 7) is 4.38. The Bertz CT molecular complexity index is 415. The molecule has 2 unspecified atom stereocenters. The van der Waals surface area contributed by atoms with Gasteiger partial charge in [-0.1, -0.05) is 104 Å². The van der Waals surface area contributed by atoms with Crippen LogP contribution in [0.2, 0.25) is 0 Å². The zero-order valence-corrected chi connectivity index (χ0v) is 22.9. The molecule has 0 aliphatic heterocycles. The molecule has 0 saturated heterocycles. The van der Waals surface area contributed by atoms with Crippen LogP contribution in [-0.4, -0.2) is 29.4 Å². The van der Waals surface area contributed by atoms with Crippen molar-refractivity contribution in [2.75, 3.05) is 0 Å². The first-order chi connectivity index (χ1) is 12.9. The van der Waals surface area contributed by atoms with Gasteiger partial charge in [-0.15, -0.1) is 0 Å². The Morgan fingerprint density at radius 1 is 0.643 bits per heavy atom. The molecule has 0 spiro atoms. The van der Waals surface area contributed by atoms with Crippen molar-refractivity contribution in [2.45, 2.75) is 141 Å². The number of unbranched alkanes of at least 4 members (excludes halogenated alkanes) is 11. The third-order valence-electron chi connectivity index (χ3n) is 5.49. The van der Waals surface area contributed by atoms with Crippen LogP contribution in [0.3, 0.4) is 0 Å². The summed E-state index contributed by atoms with van der Waals surface area (Å²) < 4.78 is 34.4. The molecule has 28 heavy (non-hydrogen) atoms. The van der Waals surface area contributed by atoms with Gasteiger partial charge in [0.15, 0.2) is 0 Å². The normalized spacial score (nSPS) is 13.9. The van der Waals surface area contributed by atoms with Gasteiger partial charge < -0.3 is 9.66 Å². The van der Waals surface area contributed by atoms with Crippen molar-refractivity contribution in [3.05, 3.63) is 0 Å². The molecule has 1 N–H and O–H groups in total. The standard InChI is InChI=1S/C22H46O4S.K/c1-3-5-7-9-11-13-17-21(23)18-15-16-20-22(27(24,25)26)19-14-12-10-8-6-4-2;/h21-23H,3-20H2,1-2H3,(H,24,25,26);/q;+1/p-1. The van der Waals surface area contributed by atoms with E-state index in [0.29, 0.717) is 12.8 Å². The Morgan fingerprint density at radius 2 is 0.964 bits per heavy atom. The molecule has 6 heteroatoms. The van der Waals surface area contributed by atoms with Crippen LogP contribution in [0.15, 0.2) is 0 Å². The smallest absolute Gasteiger partial charge is 0.748 e. The van der Waals surface area contributed by atoms with E-state index in [-0.39, 0.29) is 57.5 Å². The van der Waals surface area contributed by atoms with E-state index in [1.807, 2.05) is 0 Å². The summed E-state index contributed by atoms with van der Waals surface area (Å²) >= 11 is 0. The maximum Gasteiger partial charge on any atom is 1.00 e. The van der Waals surface area contributed by atoms with Crippen LogP contribution in [0.25, 0.3) is 0 Å². The second kappa shape index (κ2) is 21.7. The molecular formula is C22H45KO4S. The number of hydrogen-bond acceptors (Lipinski definition) is 4. The van der Waals surface area contributed by atoms with Crippen molar-refractivity contribution in [1.29, 1.82) is 0 Å². The van der Waals surface area contributed by atoms with Crippen LogP contribution < -0.4 is 51.4 Å². The molecule has 0 radical (unpaired) electrons. The van der Waals surface area contributed by atoms with Crippen molar-refractivity contribution in [1.82, 2.24) is 0 Å². The summed E-state index contributed by atoms with van der Waals surface area (Å²) in [6, 6.07) is 0. The Kier molecular flexibility index (Phi) is 24.6. The van der Waals surface area contributed by atoms with E-state index in [0.717, 1.165) is 51.4 Å². The number of aliphatic hydroxyl groups excluding tert-OH is 1. The van der Waals surface area contributed by atoms with Crippen LogP contribution in [0.5, 0.6) is 0 Å². The van der Waals surface area contributed by atoms with E-state index in [9.17, 15) is 18.1 Å². The summed E-state index contributed by atoms with van der Waals surface area (Å²) in [6.07, 6.45) is 17.7. The average Bonchev–Trinajstić information content (AvgIpc) is 2.61. The van der Waals surface area contributed by atoms with E-state index in [2.05, 4.69) is 13.8 Å². The molecule has 0 aliphatic carbocycles. The van der Waals surface area contributed by atoms with Gasteiger partial charge in [-0.25, -0.2) is 8.42 Å². The predicted molar refractivity (Wildman–Crippen MR) is 114 cm³/mol. The number of rotatable bonds is 20. The minimum atomic E-state index is -4.20. The molecule has 0 aromatic carbocycles. The van der Waals surface area contributed by atoms with E-state index in [1.165, 1.54) is 51.4 Å². The first-order valence-electron chi connectivity index (χ1n) is 11.5. The first-order valence-corrected chi connectivity index (χ1v) is 13.0. The predicted octanol–water partition coefficient (Wildman–Crippen LogP) is 3.33. The molecule has 0 aromatic heterocycles. The van der Waals surface area contributed by atoms with Crippen LogP contribution >= 0.6 is 0 Å². The Morgan fingerprint density at radius 3 is 1.39 bits per heavy atom. The van der Waals surface area contributed by atoms with Gasteiger partial charge in [0.05, 0.1) is 16.2 Å². The molecule has 0 heterocycles. The van der Waals surface area contributed by atoms with Gasteiger partial charge in [0, 0.05) is 5.25 Å². The maximum atomic E-state index is 11.5. The molecule has 0 rings (SSSR count). The first kappa shape index (κ1) is 31.7. The van der Waals surface area contributed by atoms with Crippen LogP contribution in [0.4, 0.5) is 0 Å². The molecule has 0 fully saturated rings. The fraction of sp³-hybridized carbons (Fsp3) is 1.00. The average molecular weight is 445 g/mol. The molecule has 4 nitrogen and oxygen atoms in total. The third-order valence-corrected chi connectivity index (χ3v) is 6.78. The minimum absolute atomic E-state index is 0. The van der Waals surface area contributed by atoms with Crippen molar-refractivity contribution >= 4 is 10.1 Å². The van der Waals surface area contributed by atoms with Gasteiger partial charge in [0.25, 0.3) is 0 Å². The van der Waals surface area contributed by atoms with Crippen LogP contribution in [-0.2, 0) is 10.1 Å². The minimum Gasteiger partial charge on any atom is -0.748 e. The van der Waals surface area contributed by atoms with E-state index >= 15 is 0 Å². The van der Waals surface area contributed by atoms with E-state index in [1.54, 1.807) is 0 Å². The maximum absolute atomic E-state index is 11.5.